The topological polar surface area (TPSA) is 33.4 Å². The fourth-order valence-corrected chi connectivity index (χ4v) is 2.50. The van der Waals surface area contributed by atoms with Gasteiger partial charge < -0.3 is 9.52 Å². The first-order chi connectivity index (χ1) is 7.79. The lowest BCUT2D eigenvalue weighted by molar-refractivity contribution is 0.111. The molecule has 0 saturated heterocycles. The van der Waals surface area contributed by atoms with Crippen LogP contribution in [0.1, 0.15) is 64.2 Å². The van der Waals surface area contributed by atoms with Crippen LogP contribution < -0.4 is 0 Å². The van der Waals surface area contributed by atoms with Crippen LogP contribution in [0.15, 0.2) is 10.5 Å². The summed E-state index contributed by atoms with van der Waals surface area (Å²) >= 11 is 0. The summed E-state index contributed by atoms with van der Waals surface area (Å²) in [6, 6.07) is 2.05. The van der Waals surface area contributed by atoms with Gasteiger partial charge in [-0.05, 0) is 24.3 Å². The van der Waals surface area contributed by atoms with Crippen molar-refractivity contribution in [3.63, 3.8) is 0 Å². The molecular weight excluding hydrogens is 212 g/mol. The Morgan fingerprint density at radius 2 is 2.00 bits per heavy atom. The SMILES string of the molecule is CC(C)C1Cc2oc(C(C)(C)C)cc2C(O)C1. The second kappa shape index (κ2) is 4.16. The van der Waals surface area contributed by atoms with Gasteiger partial charge in [-0.3, -0.25) is 0 Å². The van der Waals surface area contributed by atoms with Gasteiger partial charge in [-0.15, -0.1) is 0 Å². The minimum Gasteiger partial charge on any atom is -0.465 e. The summed E-state index contributed by atoms with van der Waals surface area (Å²) < 4.78 is 5.96. The average Bonchev–Trinajstić information content (AvgIpc) is 2.60. The molecule has 2 unspecified atom stereocenters. The van der Waals surface area contributed by atoms with Crippen molar-refractivity contribution in [2.45, 2.75) is 59.0 Å². The number of hydrogen-bond acceptors (Lipinski definition) is 2. The molecule has 0 fully saturated rings. The first-order valence-corrected chi connectivity index (χ1v) is 6.60. The van der Waals surface area contributed by atoms with Gasteiger partial charge in [0, 0.05) is 17.4 Å². The van der Waals surface area contributed by atoms with Crippen LogP contribution >= 0.6 is 0 Å². The van der Waals surface area contributed by atoms with E-state index in [2.05, 4.69) is 40.7 Å². The smallest absolute Gasteiger partial charge is 0.110 e. The molecule has 0 spiro atoms. The average molecular weight is 236 g/mol. The van der Waals surface area contributed by atoms with E-state index in [1.54, 1.807) is 0 Å². The van der Waals surface area contributed by atoms with Crippen molar-refractivity contribution in [3.05, 3.63) is 23.2 Å². The van der Waals surface area contributed by atoms with Gasteiger partial charge in [0.1, 0.15) is 11.5 Å². The summed E-state index contributed by atoms with van der Waals surface area (Å²) in [6.07, 6.45) is 1.50. The lowest BCUT2D eigenvalue weighted by Gasteiger charge is -2.27. The largest absolute Gasteiger partial charge is 0.465 e. The Morgan fingerprint density at radius 1 is 1.35 bits per heavy atom. The number of hydrogen-bond donors (Lipinski definition) is 1. The maximum absolute atomic E-state index is 10.2. The van der Waals surface area contributed by atoms with E-state index >= 15 is 0 Å². The summed E-state index contributed by atoms with van der Waals surface area (Å²) in [7, 11) is 0. The van der Waals surface area contributed by atoms with E-state index in [0.29, 0.717) is 11.8 Å². The predicted octanol–water partition coefficient (Wildman–Crippen LogP) is 3.83. The molecule has 2 atom stereocenters. The van der Waals surface area contributed by atoms with Crippen LogP contribution in [0.5, 0.6) is 0 Å². The molecular formula is C15H24O2. The Morgan fingerprint density at radius 3 is 2.53 bits per heavy atom. The third kappa shape index (κ3) is 2.42. The Hall–Kier alpha value is -0.760. The zero-order valence-corrected chi connectivity index (χ0v) is 11.6. The normalized spacial score (nSPS) is 25.1. The summed E-state index contributed by atoms with van der Waals surface area (Å²) in [4.78, 5) is 0. The molecule has 0 radical (unpaired) electrons. The molecule has 0 amide bonds. The van der Waals surface area contributed by atoms with Crippen molar-refractivity contribution < 1.29 is 9.52 Å². The molecule has 2 nitrogen and oxygen atoms in total. The first kappa shape index (κ1) is 12.7. The fraction of sp³-hybridized carbons (Fsp3) is 0.733. The lowest BCUT2D eigenvalue weighted by Crippen LogP contribution is -2.21. The Balaban J connectivity index is 2.32. The van der Waals surface area contributed by atoms with E-state index < -0.39 is 0 Å². The molecule has 1 heterocycles. The van der Waals surface area contributed by atoms with Crippen molar-refractivity contribution in [2.24, 2.45) is 11.8 Å². The van der Waals surface area contributed by atoms with Gasteiger partial charge in [0.25, 0.3) is 0 Å². The predicted molar refractivity (Wildman–Crippen MR) is 69.0 cm³/mol. The summed E-state index contributed by atoms with van der Waals surface area (Å²) in [5.74, 6) is 3.13. The van der Waals surface area contributed by atoms with Gasteiger partial charge in [0.2, 0.25) is 0 Å². The number of furan rings is 1. The van der Waals surface area contributed by atoms with E-state index in [-0.39, 0.29) is 11.5 Å². The maximum atomic E-state index is 10.2. The summed E-state index contributed by atoms with van der Waals surface area (Å²) in [5.41, 5.74) is 1.04. The minimum absolute atomic E-state index is 0.0182. The molecule has 1 aliphatic carbocycles. The van der Waals surface area contributed by atoms with Gasteiger partial charge in [-0.2, -0.15) is 0 Å². The van der Waals surface area contributed by atoms with Crippen LogP contribution in [-0.2, 0) is 11.8 Å². The van der Waals surface area contributed by atoms with Crippen molar-refractivity contribution in [1.82, 2.24) is 0 Å². The summed E-state index contributed by atoms with van der Waals surface area (Å²) in [6.45, 7) is 10.9. The van der Waals surface area contributed by atoms with Crippen LogP contribution in [0.4, 0.5) is 0 Å². The molecule has 0 aromatic carbocycles. The molecule has 1 aromatic heterocycles. The molecule has 2 heteroatoms. The van der Waals surface area contributed by atoms with Crippen LogP contribution in [0.2, 0.25) is 0 Å². The molecule has 17 heavy (non-hydrogen) atoms. The van der Waals surface area contributed by atoms with Crippen molar-refractivity contribution in [1.29, 1.82) is 0 Å². The van der Waals surface area contributed by atoms with E-state index in [4.69, 9.17) is 4.42 Å². The monoisotopic (exact) mass is 236 g/mol. The van der Waals surface area contributed by atoms with E-state index in [1.165, 1.54) is 0 Å². The standard InChI is InChI=1S/C15H24O2/c1-9(2)10-6-12(16)11-8-14(15(3,4)5)17-13(11)7-10/h8-10,12,16H,6-7H2,1-5H3. The van der Waals surface area contributed by atoms with E-state index in [1.807, 2.05) is 0 Å². The second-order valence-electron chi connectivity index (χ2n) is 6.70. The number of fused-ring (bicyclic) bond motifs is 1. The third-order valence-electron chi connectivity index (χ3n) is 3.86. The second-order valence-corrected chi connectivity index (χ2v) is 6.70. The highest BCUT2D eigenvalue weighted by Crippen LogP contribution is 2.40. The van der Waals surface area contributed by atoms with Gasteiger partial charge in [0.05, 0.1) is 6.10 Å². The van der Waals surface area contributed by atoms with Gasteiger partial charge >= 0.3 is 0 Å². The van der Waals surface area contributed by atoms with Crippen molar-refractivity contribution >= 4 is 0 Å². The van der Waals surface area contributed by atoms with E-state index in [0.717, 1.165) is 29.9 Å². The zero-order chi connectivity index (χ0) is 12.8. The Bertz CT molecular complexity index is 396. The van der Waals surface area contributed by atoms with Crippen molar-refractivity contribution in [3.8, 4) is 0 Å². The van der Waals surface area contributed by atoms with Crippen molar-refractivity contribution in [2.75, 3.05) is 0 Å². The number of aliphatic hydroxyl groups is 1. The Kier molecular flexibility index (Phi) is 3.11. The van der Waals surface area contributed by atoms with Crippen LogP contribution in [-0.4, -0.2) is 5.11 Å². The minimum atomic E-state index is -0.342. The number of rotatable bonds is 1. The quantitative estimate of drug-likeness (QED) is 0.804. The van der Waals surface area contributed by atoms with Crippen LogP contribution in [0.3, 0.4) is 0 Å². The third-order valence-corrected chi connectivity index (χ3v) is 3.86. The van der Waals surface area contributed by atoms with Crippen LogP contribution in [0, 0.1) is 11.8 Å². The van der Waals surface area contributed by atoms with Gasteiger partial charge in [-0.1, -0.05) is 34.6 Å². The molecule has 1 aromatic rings. The van der Waals surface area contributed by atoms with Crippen LogP contribution in [0.25, 0.3) is 0 Å². The first-order valence-electron chi connectivity index (χ1n) is 6.60. The number of aliphatic hydroxyl groups excluding tert-OH is 1. The zero-order valence-electron chi connectivity index (χ0n) is 11.6. The molecule has 0 saturated carbocycles. The lowest BCUT2D eigenvalue weighted by atomic mass is 9.80. The highest BCUT2D eigenvalue weighted by molar-refractivity contribution is 5.29. The molecule has 1 N–H and O–H groups in total. The highest BCUT2D eigenvalue weighted by Gasteiger charge is 2.32. The van der Waals surface area contributed by atoms with Gasteiger partial charge in [0.15, 0.2) is 0 Å². The summed E-state index contributed by atoms with van der Waals surface area (Å²) in [5, 5.41) is 10.2. The van der Waals surface area contributed by atoms with E-state index in [9.17, 15) is 5.11 Å². The Labute approximate surface area is 104 Å². The molecule has 0 bridgehead atoms. The maximum Gasteiger partial charge on any atom is 0.110 e. The fourth-order valence-electron chi connectivity index (χ4n) is 2.50. The molecule has 0 aliphatic heterocycles. The molecule has 2 rings (SSSR count). The highest BCUT2D eigenvalue weighted by atomic mass is 16.3. The van der Waals surface area contributed by atoms with Gasteiger partial charge in [-0.25, -0.2) is 0 Å². The molecule has 1 aliphatic rings. The molecule has 96 valence electrons.